The molecule has 0 amide bonds. The molecule has 0 N–H and O–H groups in total. The quantitative estimate of drug-likeness (QED) is 0.590. The van der Waals surface area contributed by atoms with E-state index in [2.05, 4.69) is 4.74 Å². The number of esters is 1. The first-order chi connectivity index (χ1) is 5.88. The Balaban J connectivity index is 3.73. The van der Waals surface area contributed by atoms with Crippen LogP contribution in [0.5, 0.6) is 0 Å². The molecule has 0 atom stereocenters. The first-order valence-electron chi connectivity index (χ1n) is 3.86. The normalized spacial score (nSPS) is 11.7. The van der Waals surface area contributed by atoms with Crippen molar-refractivity contribution in [1.29, 1.82) is 0 Å². The molecule has 0 aliphatic heterocycles. The molecule has 0 aromatic rings. The van der Waals surface area contributed by atoms with Crippen molar-refractivity contribution in [2.24, 2.45) is 0 Å². The molecule has 0 saturated carbocycles. The Bertz CT molecular complexity index is 260. The second-order valence-corrected chi connectivity index (χ2v) is 4.85. The van der Waals surface area contributed by atoms with Gasteiger partial charge in [-0.15, -0.1) is 0 Å². The van der Waals surface area contributed by atoms with E-state index < -0.39 is 10.0 Å². The van der Waals surface area contributed by atoms with Gasteiger partial charge >= 0.3 is 5.97 Å². The largest absolute Gasteiger partial charge is 0.469 e. The molecular formula is C7H15NO4S. The van der Waals surface area contributed by atoms with E-state index in [4.69, 9.17) is 0 Å². The van der Waals surface area contributed by atoms with Crippen LogP contribution in [0.4, 0.5) is 0 Å². The highest BCUT2D eigenvalue weighted by atomic mass is 32.2. The van der Waals surface area contributed by atoms with E-state index in [9.17, 15) is 13.2 Å². The molecule has 0 aromatic heterocycles. The molecule has 78 valence electrons. The number of ether oxygens (including phenoxy) is 1. The molecule has 0 spiro atoms. The number of hydrogen-bond donors (Lipinski definition) is 0. The van der Waals surface area contributed by atoms with Crippen LogP contribution in [0.25, 0.3) is 0 Å². The van der Waals surface area contributed by atoms with Crippen molar-refractivity contribution in [1.82, 2.24) is 4.31 Å². The molecule has 0 aliphatic carbocycles. The molecule has 0 fully saturated rings. The van der Waals surface area contributed by atoms with Crippen LogP contribution in [0, 0.1) is 0 Å². The monoisotopic (exact) mass is 209 g/mol. The van der Waals surface area contributed by atoms with E-state index in [1.807, 2.05) is 0 Å². The minimum absolute atomic E-state index is 0.246. The van der Waals surface area contributed by atoms with Gasteiger partial charge < -0.3 is 4.74 Å². The van der Waals surface area contributed by atoms with Crippen molar-refractivity contribution in [3.05, 3.63) is 0 Å². The molecule has 0 heterocycles. The molecule has 13 heavy (non-hydrogen) atoms. The maximum Gasteiger partial charge on any atom is 0.305 e. The third-order valence-corrected chi connectivity index (χ3v) is 2.96. The lowest BCUT2D eigenvalue weighted by Gasteiger charge is -2.12. The maximum absolute atomic E-state index is 10.9. The molecule has 5 nitrogen and oxygen atoms in total. The van der Waals surface area contributed by atoms with Gasteiger partial charge in [0.05, 0.1) is 13.4 Å². The van der Waals surface area contributed by atoms with Crippen LogP contribution in [0.1, 0.15) is 12.8 Å². The Kier molecular flexibility index (Phi) is 4.94. The molecule has 0 aromatic carbocycles. The van der Waals surface area contributed by atoms with Crippen molar-refractivity contribution in [2.45, 2.75) is 12.8 Å². The van der Waals surface area contributed by atoms with Crippen LogP contribution in [-0.2, 0) is 19.6 Å². The Hall–Kier alpha value is -0.620. The van der Waals surface area contributed by atoms with Gasteiger partial charge in [-0.05, 0) is 6.42 Å². The summed E-state index contributed by atoms with van der Waals surface area (Å²) in [5.41, 5.74) is 0. The fourth-order valence-corrected chi connectivity index (χ4v) is 1.17. The van der Waals surface area contributed by atoms with Crippen LogP contribution >= 0.6 is 0 Å². The highest BCUT2D eigenvalue weighted by molar-refractivity contribution is 7.88. The van der Waals surface area contributed by atoms with Crippen LogP contribution in [0.15, 0.2) is 0 Å². The van der Waals surface area contributed by atoms with Gasteiger partial charge in [0.1, 0.15) is 0 Å². The first-order valence-corrected chi connectivity index (χ1v) is 5.71. The average molecular weight is 209 g/mol. The Morgan fingerprint density at radius 2 is 2.00 bits per heavy atom. The van der Waals surface area contributed by atoms with Crippen LogP contribution in [0.3, 0.4) is 0 Å². The van der Waals surface area contributed by atoms with Crippen molar-refractivity contribution in [3.63, 3.8) is 0 Å². The lowest BCUT2D eigenvalue weighted by Crippen LogP contribution is -2.26. The molecule has 0 rings (SSSR count). The van der Waals surface area contributed by atoms with E-state index >= 15 is 0 Å². The molecule has 0 bridgehead atoms. The average Bonchev–Trinajstić information content (AvgIpc) is 2.02. The van der Waals surface area contributed by atoms with Gasteiger partial charge in [-0.3, -0.25) is 4.79 Å². The van der Waals surface area contributed by atoms with Crippen molar-refractivity contribution in [2.75, 3.05) is 27.0 Å². The summed E-state index contributed by atoms with van der Waals surface area (Å²) in [6.45, 7) is 0.341. The number of carbonyl (C=O) groups excluding carboxylic acids is 1. The molecule has 0 saturated heterocycles. The van der Waals surface area contributed by atoms with Crippen molar-refractivity contribution < 1.29 is 17.9 Å². The predicted molar refractivity (Wildman–Crippen MR) is 48.7 cm³/mol. The highest BCUT2D eigenvalue weighted by Gasteiger charge is 2.10. The summed E-state index contributed by atoms with van der Waals surface area (Å²) in [5.74, 6) is -0.318. The molecule has 0 radical (unpaired) electrons. The second-order valence-electron chi connectivity index (χ2n) is 2.76. The lowest BCUT2D eigenvalue weighted by atomic mass is 10.3. The van der Waals surface area contributed by atoms with Gasteiger partial charge in [0.25, 0.3) is 0 Å². The first kappa shape index (κ1) is 12.4. The zero-order chi connectivity index (χ0) is 10.5. The molecule has 0 aliphatic rings. The van der Waals surface area contributed by atoms with Gasteiger partial charge in [0, 0.05) is 20.0 Å². The third kappa shape index (κ3) is 5.59. The summed E-state index contributed by atoms with van der Waals surface area (Å²) < 4.78 is 27.4. The van der Waals surface area contributed by atoms with Gasteiger partial charge in [-0.25, -0.2) is 12.7 Å². The van der Waals surface area contributed by atoms with Crippen LogP contribution < -0.4 is 0 Å². The van der Waals surface area contributed by atoms with Gasteiger partial charge in [0.2, 0.25) is 10.0 Å². The fraction of sp³-hybridized carbons (Fsp3) is 0.857. The lowest BCUT2D eigenvalue weighted by molar-refractivity contribution is -0.140. The minimum atomic E-state index is -3.13. The Labute approximate surface area is 78.7 Å². The highest BCUT2D eigenvalue weighted by Crippen LogP contribution is 1.98. The van der Waals surface area contributed by atoms with E-state index in [0.717, 1.165) is 6.26 Å². The predicted octanol–water partition coefficient (Wildman–Crippen LogP) is -0.169. The summed E-state index contributed by atoms with van der Waals surface area (Å²) in [6, 6.07) is 0. The van der Waals surface area contributed by atoms with Gasteiger partial charge in [0.15, 0.2) is 0 Å². The number of methoxy groups -OCH3 is 1. The van der Waals surface area contributed by atoms with E-state index in [0.29, 0.717) is 13.0 Å². The third-order valence-electron chi connectivity index (χ3n) is 1.65. The Morgan fingerprint density at radius 3 is 2.38 bits per heavy atom. The maximum atomic E-state index is 10.9. The second kappa shape index (κ2) is 5.18. The van der Waals surface area contributed by atoms with Crippen LogP contribution in [0.2, 0.25) is 0 Å². The summed E-state index contributed by atoms with van der Waals surface area (Å²) in [5, 5.41) is 0. The zero-order valence-electron chi connectivity index (χ0n) is 8.11. The van der Waals surface area contributed by atoms with Crippen molar-refractivity contribution in [3.8, 4) is 0 Å². The number of hydrogen-bond acceptors (Lipinski definition) is 4. The Morgan fingerprint density at radius 1 is 1.46 bits per heavy atom. The van der Waals surface area contributed by atoms with E-state index in [-0.39, 0.29) is 12.4 Å². The topological polar surface area (TPSA) is 63.7 Å². The van der Waals surface area contributed by atoms with Crippen LogP contribution in [-0.4, -0.2) is 45.7 Å². The molecular weight excluding hydrogens is 194 g/mol. The summed E-state index contributed by atoms with van der Waals surface area (Å²) in [7, 11) is -0.339. The summed E-state index contributed by atoms with van der Waals surface area (Å²) in [6.07, 6.45) is 1.86. The number of carbonyl (C=O) groups is 1. The number of sulfonamides is 1. The standard InChI is InChI=1S/C7H15NO4S/c1-8(13(3,10)11)6-4-5-7(9)12-2/h4-6H2,1-3H3. The number of rotatable bonds is 5. The minimum Gasteiger partial charge on any atom is -0.469 e. The number of nitrogens with zero attached hydrogens (tertiary/aromatic N) is 1. The summed E-state index contributed by atoms with van der Waals surface area (Å²) >= 11 is 0. The van der Waals surface area contributed by atoms with E-state index in [1.54, 1.807) is 0 Å². The molecule has 6 heteroatoms. The molecule has 0 unspecified atom stereocenters. The van der Waals surface area contributed by atoms with Gasteiger partial charge in [-0.2, -0.15) is 0 Å². The van der Waals surface area contributed by atoms with Crippen molar-refractivity contribution >= 4 is 16.0 Å². The van der Waals surface area contributed by atoms with E-state index in [1.165, 1.54) is 18.5 Å². The smallest absolute Gasteiger partial charge is 0.305 e. The zero-order valence-corrected chi connectivity index (χ0v) is 8.93. The fourth-order valence-electron chi connectivity index (χ4n) is 0.714. The van der Waals surface area contributed by atoms with Gasteiger partial charge in [-0.1, -0.05) is 0 Å². The summed E-state index contributed by atoms with van der Waals surface area (Å²) in [4.78, 5) is 10.7. The SMILES string of the molecule is COC(=O)CCCN(C)S(C)(=O)=O.